The molecule has 106 valence electrons. The second-order valence-corrected chi connectivity index (χ2v) is 7.23. The highest BCUT2D eigenvalue weighted by atomic mass is 16.4. The molecule has 2 aromatic rings. The minimum atomic E-state index is -1.49. The van der Waals surface area contributed by atoms with Gasteiger partial charge in [-0.05, 0) is 46.9 Å². The Balaban J connectivity index is 2.32. The zero-order chi connectivity index (χ0) is 14.7. The summed E-state index contributed by atoms with van der Waals surface area (Å²) in [4.78, 5) is 0. The van der Waals surface area contributed by atoms with Crippen molar-refractivity contribution in [2.24, 2.45) is 0 Å². The first-order chi connectivity index (χ1) is 9.22. The minimum Gasteiger partial charge on any atom is -0.465 e. The average Bonchev–Trinajstić information content (AvgIpc) is 2.77. The van der Waals surface area contributed by atoms with Gasteiger partial charge in [0.15, 0.2) is 0 Å². The standard InChI is InChI=1S/C16H21BO3/c1-15(2)5-6-16(3,4)12-8-14-10(7-11(12)15)13(9-20-14)17(18)19/h7-9,18-19H,5-6H2,1-4H3. The SMILES string of the molecule is CC1(C)CCC(C)(C)c2cc3c(B(O)O)coc3cc21. The Bertz CT molecular complexity index is 668. The quantitative estimate of drug-likeness (QED) is 0.784. The average molecular weight is 272 g/mol. The summed E-state index contributed by atoms with van der Waals surface area (Å²) >= 11 is 0. The summed E-state index contributed by atoms with van der Waals surface area (Å²) in [6.45, 7) is 9.03. The van der Waals surface area contributed by atoms with Crippen LogP contribution in [0.4, 0.5) is 0 Å². The van der Waals surface area contributed by atoms with Crippen molar-refractivity contribution in [3.63, 3.8) is 0 Å². The van der Waals surface area contributed by atoms with E-state index in [9.17, 15) is 10.0 Å². The molecule has 3 nitrogen and oxygen atoms in total. The lowest BCUT2D eigenvalue weighted by molar-refractivity contribution is 0.332. The molecule has 0 aliphatic heterocycles. The number of rotatable bonds is 1. The van der Waals surface area contributed by atoms with Crippen LogP contribution in [0.3, 0.4) is 0 Å². The van der Waals surface area contributed by atoms with Gasteiger partial charge >= 0.3 is 7.12 Å². The van der Waals surface area contributed by atoms with E-state index in [0.29, 0.717) is 5.46 Å². The summed E-state index contributed by atoms with van der Waals surface area (Å²) in [6.07, 6.45) is 3.73. The Morgan fingerprint density at radius 3 is 2.10 bits per heavy atom. The predicted octanol–water partition coefficient (Wildman–Crippen LogP) is 2.46. The first kappa shape index (κ1) is 13.7. The molecule has 0 amide bonds. The third-order valence-corrected chi connectivity index (χ3v) is 4.86. The Kier molecular flexibility index (Phi) is 2.83. The maximum absolute atomic E-state index is 9.44. The second-order valence-electron chi connectivity index (χ2n) is 7.23. The molecule has 1 aromatic heterocycles. The van der Waals surface area contributed by atoms with E-state index in [0.717, 1.165) is 23.8 Å². The van der Waals surface area contributed by atoms with Crippen molar-refractivity contribution in [2.45, 2.75) is 51.4 Å². The predicted molar refractivity (Wildman–Crippen MR) is 81.3 cm³/mol. The molecule has 1 aromatic carbocycles. The van der Waals surface area contributed by atoms with E-state index in [1.807, 2.05) is 0 Å². The van der Waals surface area contributed by atoms with Gasteiger partial charge in [-0.15, -0.1) is 0 Å². The van der Waals surface area contributed by atoms with Crippen molar-refractivity contribution < 1.29 is 14.5 Å². The molecule has 1 heterocycles. The molecular formula is C16H21BO3. The third-order valence-electron chi connectivity index (χ3n) is 4.86. The number of benzene rings is 1. The molecule has 0 spiro atoms. The summed E-state index contributed by atoms with van der Waals surface area (Å²) < 4.78 is 5.52. The van der Waals surface area contributed by atoms with Gasteiger partial charge < -0.3 is 14.5 Å². The van der Waals surface area contributed by atoms with Gasteiger partial charge in [-0.3, -0.25) is 0 Å². The Morgan fingerprint density at radius 2 is 1.55 bits per heavy atom. The van der Waals surface area contributed by atoms with Crippen molar-refractivity contribution >= 4 is 23.6 Å². The van der Waals surface area contributed by atoms with Gasteiger partial charge in [0.25, 0.3) is 0 Å². The monoisotopic (exact) mass is 272 g/mol. The first-order valence-electron chi connectivity index (χ1n) is 7.15. The zero-order valence-electron chi connectivity index (χ0n) is 12.5. The van der Waals surface area contributed by atoms with Crippen LogP contribution in [-0.2, 0) is 10.8 Å². The summed E-state index contributed by atoms with van der Waals surface area (Å²) in [5, 5.41) is 19.7. The summed E-state index contributed by atoms with van der Waals surface area (Å²) in [7, 11) is -1.49. The van der Waals surface area contributed by atoms with Crippen LogP contribution in [0.25, 0.3) is 11.0 Å². The second kappa shape index (κ2) is 4.12. The van der Waals surface area contributed by atoms with Crippen LogP contribution in [0.1, 0.15) is 51.7 Å². The van der Waals surface area contributed by atoms with E-state index in [4.69, 9.17) is 4.42 Å². The highest BCUT2D eigenvalue weighted by Gasteiger charge is 2.38. The molecule has 1 aliphatic carbocycles. The van der Waals surface area contributed by atoms with Gasteiger partial charge in [-0.1, -0.05) is 27.7 Å². The zero-order valence-corrected chi connectivity index (χ0v) is 12.5. The van der Waals surface area contributed by atoms with Crippen molar-refractivity contribution in [1.82, 2.24) is 0 Å². The molecule has 0 radical (unpaired) electrons. The fourth-order valence-corrected chi connectivity index (χ4v) is 3.31. The van der Waals surface area contributed by atoms with Crippen LogP contribution < -0.4 is 5.46 Å². The molecule has 4 heteroatoms. The van der Waals surface area contributed by atoms with Gasteiger partial charge in [0, 0.05) is 10.8 Å². The van der Waals surface area contributed by atoms with Crippen molar-refractivity contribution in [1.29, 1.82) is 0 Å². The molecule has 3 rings (SSSR count). The lowest BCUT2D eigenvalue weighted by atomic mass is 9.62. The first-order valence-corrected chi connectivity index (χ1v) is 7.15. The topological polar surface area (TPSA) is 53.6 Å². The number of hydrogen-bond acceptors (Lipinski definition) is 3. The van der Waals surface area contributed by atoms with E-state index in [2.05, 4.69) is 39.8 Å². The maximum atomic E-state index is 9.44. The lowest BCUT2D eigenvalue weighted by Gasteiger charge is -2.41. The van der Waals surface area contributed by atoms with E-state index >= 15 is 0 Å². The van der Waals surface area contributed by atoms with Gasteiger partial charge in [0.05, 0.1) is 6.26 Å². The molecule has 20 heavy (non-hydrogen) atoms. The van der Waals surface area contributed by atoms with Gasteiger partial charge in [0.2, 0.25) is 0 Å². The van der Waals surface area contributed by atoms with Crippen LogP contribution in [0.15, 0.2) is 22.8 Å². The summed E-state index contributed by atoms with van der Waals surface area (Å²) in [5.74, 6) is 0. The van der Waals surface area contributed by atoms with Gasteiger partial charge in [0.1, 0.15) is 5.58 Å². The highest BCUT2D eigenvalue weighted by molar-refractivity contribution is 6.61. The largest absolute Gasteiger partial charge is 0.492 e. The van der Waals surface area contributed by atoms with Crippen LogP contribution in [-0.4, -0.2) is 17.2 Å². The van der Waals surface area contributed by atoms with Crippen molar-refractivity contribution in [2.75, 3.05) is 0 Å². The third kappa shape index (κ3) is 1.90. The van der Waals surface area contributed by atoms with Crippen LogP contribution in [0.5, 0.6) is 0 Å². The van der Waals surface area contributed by atoms with Crippen molar-refractivity contribution in [3.8, 4) is 0 Å². The van der Waals surface area contributed by atoms with Crippen molar-refractivity contribution in [3.05, 3.63) is 29.5 Å². The van der Waals surface area contributed by atoms with E-state index in [1.165, 1.54) is 17.4 Å². The van der Waals surface area contributed by atoms with Gasteiger partial charge in [-0.2, -0.15) is 0 Å². The van der Waals surface area contributed by atoms with Gasteiger partial charge in [-0.25, -0.2) is 0 Å². The normalized spacial score (nSPS) is 19.9. The Morgan fingerprint density at radius 1 is 1.00 bits per heavy atom. The molecule has 0 saturated heterocycles. The minimum absolute atomic E-state index is 0.105. The maximum Gasteiger partial charge on any atom is 0.492 e. The Hall–Kier alpha value is -1.26. The fraction of sp³-hybridized carbons (Fsp3) is 0.500. The summed E-state index contributed by atoms with van der Waals surface area (Å²) in [5.41, 5.74) is 4.02. The summed E-state index contributed by atoms with van der Waals surface area (Å²) in [6, 6.07) is 4.17. The van der Waals surface area contributed by atoms with Crippen LogP contribution in [0.2, 0.25) is 0 Å². The van der Waals surface area contributed by atoms with E-state index in [1.54, 1.807) is 0 Å². The smallest absolute Gasteiger partial charge is 0.465 e. The fourth-order valence-electron chi connectivity index (χ4n) is 3.31. The Labute approximate surface area is 119 Å². The molecule has 0 fully saturated rings. The van der Waals surface area contributed by atoms with Crippen LogP contribution in [0, 0.1) is 0 Å². The molecule has 0 atom stereocenters. The van der Waals surface area contributed by atoms with E-state index in [-0.39, 0.29) is 10.8 Å². The number of fused-ring (bicyclic) bond motifs is 2. The highest BCUT2D eigenvalue weighted by Crippen LogP contribution is 2.46. The number of hydrogen-bond donors (Lipinski definition) is 2. The molecular weight excluding hydrogens is 251 g/mol. The molecule has 1 aliphatic rings. The molecule has 0 saturated carbocycles. The lowest BCUT2D eigenvalue weighted by Crippen LogP contribution is -2.34. The molecule has 2 N–H and O–H groups in total. The van der Waals surface area contributed by atoms with E-state index < -0.39 is 7.12 Å². The molecule has 0 bridgehead atoms. The van der Waals surface area contributed by atoms with Crippen LogP contribution >= 0.6 is 0 Å². The molecule has 0 unspecified atom stereocenters. The number of furan rings is 1.